The molecule has 0 aromatic carbocycles. The van der Waals surface area contributed by atoms with Crippen molar-refractivity contribution < 1.29 is 9.90 Å². The van der Waals surface area contributed by atoms with E-state index < -0.39 is 0 Å². The quantitative estimate of drug-likeness (QED) is 0.773. The Hall–Kier alpha value is -1.73. The molecule has 21 heavy (non-hydrogen) atoms. The summed E-state index contributed by atoms with van der Waals surface area (Å²) in [5, 5.41) is 12.5. The highest BCUT2D eigenvalue weighted by Crippen LogP contribution is 2.48. The first-order chi connectivity index (χ1) is 10.1. The van der Waals surface area contributed by atoms with Gasteiger partial charge in [-0.25, -0.2) is 4.98 Å². The van der Waals surface area contributed by atoms with Crippen LogP contribution in [0.1, 0.15) is 34.5 Å². The summed E-state index contributed by atoms with van der Waals surface area (Å²) in [6.45, 7) is 2.49. The Morgan fingerprint density at radius 3 is 2.95 bits per heavy atom. The Balaban J connectivity index is 1.81. The smallest absolute Gasteiger partial charge is 0.261 e. The summed E-state index contributed by atoms with van der Waals surface area (Å²) in [7, 11) is 0. The molecule has 6 nitrogen and oxygen atoms in total. The van der Waals surface area contributed by atoms with E-state index in [1.54, 1.807) is 6.92 Å². The van der Waals surface area contributed by atoms with Crippen molar-refractivity contribution in [3.8, 4) is 0 Å². The van der Waals surface area contributed by atoms with Crippen LogP contribution in [0, 0.1) is 12.3 Å². The molecular formula is C14H17N3O3S. The molecule has 1 aliphatic rings. The van der Waals surface area contributed by atoms with E-state index in [9.17, 15) is 9.59 Å². The summed E-state index contributed by atoms with van der Waals surface area (Å²) in [4.78, 5) is 31.9. The number of thiophene rings is 1. The molecular weight excluding hydrogens is 290 g/mol. The van der Waals surface area contributed by atoms with Crippen molar-refractivity contribution in [2.24, 2.45) is 5.41 Å². The second kappa shape index (κ2) is 5.23. The highest BCUT2D eigenvalue weighted by molar-refractivity contribution is 7.20. The Bertz CT molecular complexity index is 745. The summed E-state index contributed by atoms with van der Waals surface area (Å²) in [6.07, 6.45) is 4.16. The molecule has 2 heterocycles. The van der Waals surface area contributed by atoms with Crippen molar-refractivity contribution >= 4 is 27.5 Å². The first-order valence-electron chi connectivity index (χ1n) is 6.92. The molecule has 2 aromatic heterocycles. The fourth-order valence-electron chi connectivity index (χ4n) is 2.57. The molecule has 3 N–H and O–H groups in total. The lowest BCUT2D eigenvalue weighted by atomic mass is 10.0. The normalized spacial score (nSPS) is 16.1. The van der Waals surface area contributed by atoms with Crippen molar-refractivity contribution in [2.45, 2.75) is 26.2 Å². The number of aromatic nitrogens is 2. The molecule has 0 spiro atoms. The van der Waals surface area contributed by atoms with E-state index in [0.717, 1.165) is 19.3 Å². The predicted molar refractivity (Wildman–Crippen MR) is 80.7 cm³/mol. The van der Waals surface area contributed by atoms with Crippen LogP contribution in [-0.2, 0) is 0 Å². The first-order valence-corrected chi connectivity index (χ1v) is 7.74. The fourth-order valence-corrected chi connectivity index (χ4v) is 3.64. The van der Waals surface area contributed by atoms with Crippen molar-refractivity contribution in [3.05, 3.63) is 27.1 Å². The Labute approximate surface area is 125 Å². The summed E-state index contributed by atoms with van der Waals surface area (Å²) in [5.41, 5.74) is 0.533. The maximum Gasteiger partial charge on any atom is 0.261 e. The molecule has 7 heteroatoms. The number of nitrogens with zero attached hydrogens (tertiary/aromatic N) is 1. The summed E-state index contributed by atoms with van der Waals surface area (Å²) in [6, 6.07) is 0. The van der Waals surface area contributed by atoms with Gasteiger partial charge in [0.05, 0.1) is 16.6 Å². The molecule has 112 valence electrons. The third-order valence-electron chi connectivity index (χ3n) is 4.16. The number of rotatable bonds is 5. The highest BCUT2D eigenvalue weighted by atomic mass is 32.1. The number of fused-ring (bicyclic) bond motifs is 1. The van der Waals surface area contributed by atoms with Gasteiger partial charge in [0.2, 0.25) is 0 Å². The molecule has 1 amide bonds. The Morgan fingerprint density at radius 1 is 1.57 bits per heavy atom. The molecule has 1 fully saturated rings. The first kappa shape index (κ1) is 14.2. The van der Waals surface area contributed by atoms with Gasteiger partial charge < -0.3 is 15.4 Å². The molecule has 0 unspecified atom stereocenters. The number of aliphatic hydroxyl groups is 1. The number of hydrogen-bond acceptors (Lipinski definition) is 5. The molecule has 2 aromatic rings. The van der Waals surface area contributed by atoms with Crippen molar-refractivity contribution in [1.29, 1.82) is 0 Å². The highest BCUT2D eigenvalue weighted by Gasteiger charge is 2.42. The van der Waals surface area contributed by atoms with Crippen LogP contribution in [0.2, 0.25) is 0 Å². The van der Waals surface area contributed by atoms with Gasteiger partial charge in [0.1, 0.15) is 4.83 Å². The zero-order valence-electron chi connectivity index (χ0n) is 11.7. The lowest BCUT2D eigenvalue weighted by Gasteiger charge is -2.14. The number of aromatic amines is 1. The molecule has 0 saturated heterocycles. The van der Waals surface area contributed by atoms with E-state index in [4.69, 9.17) is 5.11 Å². The zero-order valence-corrected chi connectivity index (χ0v) is 12.5. The maximum absolute atomic E-state index is 12.3. The minimum atomic E-state index is -0.216. The largest absolute Gasteiger partial charge is 0.396 e. The van der Waals surface area contributed by atoms with Gasteiger partial charge in [-0.15, -0.1) is 11.3 Å². The van der Waals surface area contributed by atoms with Crippen LogP contribution in [0.4, 0.5) is 0 Å². The Kier molecular flexibility index (Phi) is 3.54. The van der Waals surface area contributed by atoms with Gasteiger partial charge in [0.25, 0.3) is 11.5 Å². The third kappa shape index (κ3) is 2.58. The number of nitrogens with one attached hydrogen (secondary N) is 2. The van der Waals surface area contributed by atoms with Crippen LogP contribution in [0.25, 0.3) is 10.2 Å². The van der Waals surface area contributed by atoms with Crippen LogP contribution in [-0.4, -0.2) is 34.1 Å². The number of amides is 1. The number of carbonyl (C=O) groups excluding carboxylic acids is 1. The van der Waals surface area contributed by atoms with Crippen LogP contribution in [0.15, 0.2) is 11.1 Å². The van der Waals surface area contributed by atoms with Gasteiger partial charge in [-0.1, -0.05) is 0 Å². The zero-order chi connectivity index (χ0) is 15.0. The van der Waals surface area contributed by atoms with Crippen LogP contribution >= 0.6 is 11.3 Å². The minimum absolute atomic E-state index is 0.0741. The molecule has 0 bridgehead atoms. The van der Waals surface area contributed by atoms with Gasteiger partial charge in [-0.3, -0.25) is 9.59 Å². The molecule has 0 radical (unpaired) electrons. The van der Waals surface area contributed by atoms with E-state index in [0.29, 0.717) is 27.2 Å². The van der Waals surface area contributed by atoms with Crippen LogP contribution in [0.3, 0.4) is 0 Å². The van der Waals surface area contributed by atoms with Crippen molar-refractivity contribution in [1.82, 2.24) is 15.3 Å². The van der Waals surface area contributed by atoms with Gasteiger partial charge in [-0.2, -0.15) is 0 Å². The van der Waals surface area contributed by atoms with Gasteiger partial charge in [0, 0.05) is 13.2 Å². The number of aryl methyl sites for hydroxylation is 1. The van der Waals surface area contributed by atoms with Gasteiger partial charge in [0.15, 0.2) is 0 Å². The SMILES string of the molecule is Cc1c(C(=O)NCC2(CCO)CC2)sc2nc[nH]c(=O)c12. The molecule has 3 rings (SSSR count). The van der Waals surface area contributed by atoms with Gasteiger partial charge in [-0.05, 0) is 37.2 Å². The van der Waals surface area contributed by atoms with E-state index in [2.05, 4.69) is 15.3 Å². The van der Waals surface area contributed by atoms with E-state index in [1.165, 1.54) is 17.7 Å². The van der Waals surface area contributed by atoms with E-state index >= 15 is 0 Å². The van der Waals surface area contributed by atoms with Crippen molar-refractivity contribution in [2.75, 3.05) is 13.2 Å². The lowest BCUT2D eigenvalue weighted by Crippen LogP contribution is -2.30. The summed E-state index contributed by atoms with van der Waals surface area (Å²) in [5.74, 6) is -0.167. The lowest BCUT2D eigenvalue weighted by molar-refractivity contribution is 0.0944. The molecule has 0 aliphatic heterocycles. The van der Waals surface area contributed by atoms with E-state index in [-0.39, 0.29) is 23.5 Å². The standard InChI is InChI=1S/C14H17N3O3S/c1-8-9-11(19)16-7-17-13(9)21-10(8)12(20)15-6-14(2-3-14)4-5-18/h7,18H,2-6H2,1H3,(H,15,20)(H,16,17,19). The average molecular weight is 307 g/mol. The maximum atomic E-state index is 12.3. The monoisotopic (exact) mass is 307 g/mol. The fraction of sp³-hybridized carbons (Fsp3) is 0.500. The number of H-pyrrole nitrogens is 1. The third-order valence-corrected chi connectivity index (χ3v) is 5.36. The average Bonchev–Trinajstić information content (AvgIpc) is 3.14. The molecule has 1 aliphatic carbocycles. The van der Waals surface area contributed by atoms with Crippen LogP contribution in [0.5, 0.6) is 0 Å². The van der Waals surface area contributed by atoms with Crippen LogP contribution < -0.4 is 10.9 Å². The molecule has 0 atom stereocenters. The number of aliphatic hydroxyl groups excluding tert-OH is 1. The Morgan fingerprint density at radius 2 is 2.33 bits per heavy atom. The number of carbonyl (C=O) groups is 1. The summed E-state index contributed by atoms with van der Waals surface area (Å²) < 4.78 is 0. The van der Waals surface area contributed by atoms with E-state index in [1.807, 2.05) is 0 Å². The minimum Gasteiger partial charge on any atom is -0.396 e. The molecule has 1 saturated carbocycles. The van der Waals surface area contributed by atoms with Gasteiger partial charge >= 0.3 is 0 Å². The van der Waals surface area contributed by atoms with Crippen molar-refractivity contribution in [3.63, 3.8) is 0 Å². The summed E-state index contributed by atoms with van der Waals surface area (Å²) >= 11 is 1.24. The number of hydrogen-bond donors (Lipinski definition) is 3. The predicted octanol–water partition coefficient (Wildman–Crippen LogP) is 1.19. The second-order valence-electron chi connectivity index (χ2n) is 5.62. The topological polar surface area (TPSA) is 95.1 Å². The second-order valence-corrected chi connectivity index (χ2v) is 6.62.